The zero-order chi connectivity index (χ0) is 17.2. The summed E-state index contributed by atoms with van der Waals surface area (Å²) >= 11 is 0. The summed E-state index contributed by atoms with van der Waals surface area (Å²) in [4.78, 5) is 24.9. The first-order valence-electron chi connectivity index (χ1n) is 8.64. The van der Waals surface area contributed by atoms with Gasteiger partial charge in [-0.05, 0) is 25.7 Å². The second-order valence-corrected chi connectivity index (χ2v) is 6.65. The van der Waals surface area contributed by atoms with Crippen LogP contribution in [0.15, 0.2) is 6.33 Å². The standard InChI is InChI=1S/C17H25FN4O2/c1-3-13-14(18)15(20-12-19-13)22-8-6-17(11-22)5-4-7-21(16(17)23)9-10-24-2/h12H,3-11H2,1-2H3. The number of rotatable bonds is 5. The highest BCUT2D eigenvalue weighted by Gasteiger charge is 2.48. The van der Waals surface area contributed by atoms with E-state index in [0.29, 0.717) is 44.2 Å². The van der Waals surface area contributed by atoms with E-state index in [2.05, 4.69) is 9.97 Å². The van der Waals surface area contributed by atoms with Crippen molar-refractivity contribution in [2.24, 2.45) is 5.41 Å². The highest BCUT2D eigenvalue weighted by atomic mass is 19.1. The zero-order valence-corrected chi connectivity index (χ0v) is 14.4. The van der Waals surface area contributed by atoms with E-state index in [1.807, 2.05) is 16.7 Å². The third-order valence-electron chi connectivity index (χ3n) is 5.22. The lowest BCUT2D eigenvalue weighted by atomic mass is 9.78. The third kappa shape index (κ3) is 2.97. The van der Waals surface area contributed by atoms with Gasteiger partial charge in [-0.3, -0.25) is 4.79 Å². The molecule has 3 rings (SSSR count). The van der Waals surface area contributed by atoms with Crippen LogP contribution in [0.3, 0.4) is 0 Å². The van der Waals surface area contributed by atoms with E-state index in [0.717, 1.165) is 25.8 Å². The number of hydrogen-bond acceptors (Lipinski definition) is 5. The lowest BCUT2D eigenvalue weighted by Gasteiger charge is -2.39. The molecule has 132 valence electrons. The van der Waals surface area contributed by atoms with Crippen LogP contribution < -0.4 is 4.90 Å². The maximum Gasteiger partial charge on any atom is 0.230 e. The largest absolute Gasteiger partial charge is 0.383 e. The minimum Gasteiger partial charge on any atom is -0.383 e. The molecule has 1 spiro atoms. The van der Waals surface area contributed by atoms with Gasteiger partial charge in [0.15, 0.2) is 11.6 Å². The van der Waals surface area contributed by atoms with Crippen LogP contribution in [0.25, 0.3) is 0 Å². The maximum atomic E-state index is 14.5. The number of amides is 1. The van der Waals surface area contributed by atoms with Crippen molar-refractivity contribution in [2.75, 3.05) is 44.8 Å². The molecule has 2 aliphatic rings. The van der Waals surface area contributed by atoms with Crippen LogP contribution in [-0.4, -0.2) is 60.7 Å². The molecule has 2 aliphatic heterocycles. The number of carbonyl (C=O) groups excluding carboxylic acids is 1. The lowest BCUT2D eigenvalue weighted by molar-refractivity contribution is -0.145. The van der Waals surface area contributed by atoms with Crippen LogP contribution in [-0.2, 0) is 16.0 Å². The van der Waals surface area contributed by atoms with Gasteiger partial charge in [0.25, 0.3) is 0 Å². The molecule has 1 aromatic rings. The molecule has 1 aromatic heterocycles. The summed E-state index contributed by atoms with van der Waals surface area (Å²) in [5.41, 5.74) is 0.0214. The number of aromatic nitrogens is 2. The Kier molecular flexibility index (Phi) is 4.99. The molecule has 24 heavy (non-hydrogen) atoms. The van der Waals surface area contributed by atoms with Crippen LogP contribution in [0, 0.1) is 11.2 Å². The van der Waals surface area contributed by atoms with Crippen molar-refractivity contribution >= 4 is 11.7 Å². The molecule has 1 atom stereocenters. The summed E-state index contributed by atoms with van der Waals surface area (Å²) in [6, 6.07) is 0. The summed E-state index contributed by atoms with van der Waals surface area (Å²) < 4.78 is 19.6. The number of ether oxygens (including phenoxy) is 1. The van der Waals surface area contributed by atoms with Crippen molar-refractivity contribution in [1.29, 1.82) is 0 Å². The first kappa shape index (κ1) is 17.1. The van der Waals surface area contributed by atoms with Gasteiger partial charge in [-0.2, -0.15) is 0 Å². The van der Waals surface area contributed by atoms with E-state index >= 15 is 0 Å². The predicted molar refractivity (Wildman–Crippen MR) is 88.3 cm³/mol. The average molecular weight is 336 g/mol. The Bertz CT molecular complexity index is 612. The van der Waals surface area contributed by atoms with Gasteiger partial charge in [-0.25, -0.2) is 14.4 Å². The molecule has 1 amide bonds. The number of halogens is 1. The Labute approximate surface area is 142 Å². The van der Waals surface area contributed by atoms with Gasteiger partial charge in [-0.1, -0.05) is 6.92 Å². The molecule has 7 heteroatoms. The molecule has 0 saturated carbocycles. The first-order chi connectivity index (χ1) is 11.6. The van der Waals surface area contributed by atoms with Gasteiger partial charge in [-0.15, -0.1) is 0 Å². The van der Waals surface area contributed by atoms with E-state index in [4.69, 9.17) is 4.74 Å². The number of likely N-dealkylation sites (tertiary alicyclic amines) is 1. The molecule has 2 saturated heterocycles. The molecule has 0 radical (unpaired) electrons. The molecular formula is C17H25FN4O2. The number of anilines is 1. The fourth-order valence-corrected chi connectivity index (χ4v) is 3.86. The minimum absolute atomic E-state index is 0.179. The third-order valence-corrected chi connectivity index (χ3v) is 5.22. The number of nitrogens with zero attached hydrogens (tertiary/aromatic N) is 4. The Morgan fingerprint density at radius 1 is 1.33 bits per heavy atom. The van der Waals surface area contributed by atoms with E-state index < -0.39 is 5.41 Å². The summed E-state index contributed by atoms with van der Waals surface area (Å²) in [7, 11) is 1.64. The van der Waals surface area contributed by atoms with Gasteiger partial charge in [0.1, 0.15) is 6.33 Å². The number of hydrogen-bond donors (Lipinski definition) is 0. The van der Waals surface area contributed by atoms with Crippen molar-refractivity contribution < 1.29 is 13.9 Å². The van der Waals surface area contributed by atoms with Gasteiger partial charge in [0.05, 0.1) is 17.7 Å². The van der Waals surface area contributed by atoms with Crippen molar-refractivity contribution in [3.63, 3.8) is 0 Å². The molecule has 2 fully saturated rings. The number of aryl methyl sites for hydroxylation is 1. The Morgan fingerprint density at radius 3 is 2.92 bits per heavy atom. The van der Waals surface area contributed by atoms with Crippen LogP contribution in [0.4, 0.5) is 10.2 Å². The van der Waals surface area contributed by atoms with E-state index in [1.165, 1.54) is 6.33 Å². The van der Waals surface area contributed by atoms with Gasteiger partial charge >= 0.3 is 0 Å². The van der Waals surface area contributed by atoms with Gasteiger partial charge in [0.2, 0.25) is 5.91 Å². The van der Waals surface area contributed by atoms with Crippen LogP contribution >= 0.6 is 0 Å². The Balaban J connectivity index is 1.78. The predicted octanol–water partition coefficient (Wildman–Crippen LogP) is 1.64. The van der Waals surface area contributed by atoms with Crippen LogP contribution in [0.5, 0.6) is 0 Å². The molecular weight excluding hydrogens is 311 g/mol. The number of piperidine rings is 1. The molecule has 0 bridgehead atoms. The maximum absolute atomic E-state index is 14.5. The SMILES string of the molecule is CCc1ncnc(N2CCC3(CCCN(CCOC)C3=O)C2)c1F. The van der Waals surface area contributed by atoms with E-state index in [-0.39, 0.29) is 11.7 Å². The molecule has 0 aliphatic carbocycles. The number of carbonyl (C=O) groups is 1. The van der Waals surface area contributed by atoms with E-state index in [1.54, 1.807) is 7.11 Å². The summed E-state index contributed by atoms with van der Waals surface area (Å²) in [5.74, 6) is 0.163. The second kappa shape index (κ2) is 7.01. The first-order valence-corrected chi connectivity index (χ1v) is 8.64. The topological polar surface area (TPSA) is 58.6 Å². The fraction of sp³-hybridized carbons (Fsp3) is 0.706. The van der Waals surface area contributed by atoms with Crippen molar-refractivity contribution in [1.82, 2.24) is 14.9 Å². The molecule has 3 heterocycles. The van der Waals surface area contributed by atoms with Gasteiger partial charge < -0.3 is 14.5 Å². The highest BCUT2D eigenvalue weighted by Crippen LogP contribution is 2.41. The van der Waals surface area contributed by atoms with E-state index in [9.17, 15) is 9.18 Å². The zero-order valence-electron chi connectivity index (χ0n) is 14.4. The molecule has 0 aromatic carbocycles. The van der Waals surface area contributed by atoms with Crippen LogP contribution in [0.2, 0.25) is 0 Å². The molecule has 1 unspecified atom stereocenters. The summed E-state index contributed by atoms with van der Waals surface area (Å²) in [6.45, 7) is 5.02. The lowest BCUT2D eigenvalue weighted by Crippen LogP contribution is -2.51. The highest BCUT2D eigenvalue weighted by molar-refractivity contribution is 5.85. The normalized spacial score (nSPS) is 24.2. The van der Waals surface area contributed by atoms with Crippen molar-refractivity contribution in [3.05, 3.63) is 17.8 Å². The van der Waals surface area contributed by atoms with Crippen molar-refractivity contribution in [2.45, 2.75) is 32.6 Å². The minimum atomic E-state index is -0.407. The number of methoxy groups -OCH3 is 1. The smallest absolute Gasteiger partial charge is 0.230 e. The molecule has 0 N–H and O–H groups in total. The average Bonchev–Trinajstić information content (AvgIpc) is 3.01. The van der Waals surface area contributed by atoms with Crippen LogP contribution in [0.1, 0.15) is 31.9 Å². The second-order valence-electron chi connectivity index (χ2n) is 6.65. The molecule has 6 nitrogen and oxygen atoms in total. The van der Waals surface area contributed by atoms with Crippen molar-refractivity contribution in [3.8, 4) is 0 Å². The monoisotopic (exact) mass is 336 g/mol. The summed E-state index contributed by atoms with van der Waals surface area (Å²) in [6.07, 6.45) is 4.54. The quantitative estimate of drug-likeness (QED) is 0.818. The Morgan fingerprint density at radius 2 is 2.17 bits per heavy atom. The fourth-order valence-electron chi connectivity index (χ4n) is 3.86. The Hall–Kier alpha value is -1.76. The summed E-state index contributed by atoms with van der Waals surface area (Å²) in [5, 5.41) is 0. The van der Waals surface area contributed by atoms with Gasteiger partial charge in [0, 0.05) is 33.3 Å².